The average molecular weight is 291 g/mol. The molecule has 20 heavy (non-hydrogen) atoms. The van der Waals surface area contributed by atoms with Crippen LogP contribution in [-0.2, 0) is 6.54 Å². The minimum atomic E-state index is 0.685. The molecular formula is C15H19ClN4. The summed E-state index contributed by atoms with van der Waals surface area (Å²) in [6.07, 6.45) is 1.06. The van der Waals surface area contributed by atoms with Gasteiger partial charge < -0.3 is 10.6 Å². The normalized spacial score (nSPS) is 10.3. The maximum atomic E-state index is 5.97. The maximum Gasteiger partial charge on any atom is 0.132 e. The fraction of sp³-hybridized carbons (Fsp3) is 0.333. The van der Waals surface area contributed by atoms with Crippen molar-refractivity contribution in [3.63, 3.8) is 0 Å². The van der Waals surface area contributed by atoms with Crippen molar-refractivity contribution in [2.75, 3.05) is 17.2 Å². The molecule has 4 nitrogen and oxygen atoms in total. The van der Waals surface area contributed by atoms with Gasteiger partial charge in [0.05, 0.1) is 0 Å². The minimum absolute atomic E-state index is 0.685. The predicted octanol–water partition coefficient (Wildman–Crippen LogP) is 3.87. The molecule has 2 N–H and O–H groups in total. The Labute approximate surface area is 124 Å². The second-order valence-corrected chi connectivity index (χ2v) is 5.03. The Morgan fingerprint density at radius 3 is 2.55 bits per heavy atom. The molecule has 0 aliphatic heterocycles. The zero-order valence-electron chi connectivity index (χ0n) is 11.8. The highest BCUT2D eigenvalue weighted by Gasteiger charge is 2.02. The molecule has 106 valence electrons. The van der Waals surface area contributed by atoms with Crippen molar-refractivity contribution in [2.45, 2.75) is 26.8 Å². The van der Waals surface area contributed by atoms with Gasteiger partial charge in [0.2, 0.25) is 0 Å². The maximum absolute atomic E-state index is 5.97. The van der Waals surface area contributed by atoms with E-state index in [1.54, 1.807) is 0 Å². The number of rotatable bonds is 6. The van der Waals surface area contributed by atoms with Gasteiger partial charge in [-0.05, 0) is 31.0 Å². The molecular weight excluding hydrogens is 272 g/mol. The first-order valence-electron chi connectivity index (χ1n) is 6.75. The van der Waals surface area contributed by atoms with Gasteiger partial charge in [0, 0.05) is 24.2 Å². The smallest absolute Gasteiger partial charge is 0.132 e. The zero-order chi connectivity index (χ0) is 14.4. The SMILES string of the molecule is CCCNc1cc(NCc2cccc(Cl)c2)nc(C)n1. The van der Waals surface area contributed by atoms with Crippen molar-refractivity contribution in [2.24, 2.45) is 0 Å². The number of hydrogen-bond acceptors (Lipinski definition) is 4. The first-order chi connectivity index (χ1) is 9.67. The Bertz CT molecular complexity index is 572. The molecule has 0 saturated carbocycles. The average Bonchev–Trinajstić information content (AvgIpc) is 2.42. The van der Waals surface area contributed by atoms with Crippen LogP contribution < -0.4 is 10.6 Å². The third kappa shape index (κ3) is 4.38. The Morgan fingerprint density at radius 1 is 1.10 bits per heavy atom. The third-order valence-electron chi connectivity index (χ3n) is 2.76. The van der Waals surface area contributed by atoms with Crippen LogP contribution in [0.5, 0.6) is 0 Å². The molecule has 0 spiro atoms. The van der Waals surface area contributed by atoms with Crippen LogP contribution in [0.15, 0.2) is 30.3 Å². The molecule has 1 aromatic carbocycles. The molecule has 0 fully saturated rings. The van der Waals surface area contributed by atoms with Gasteiger partial charge >= 0.3 is 0 Å². The van der Waals surface area contributed by atoms with Crippen LogP contribution in [0.25, 0.3) is 0 Å². The third-order valence-corrected chi connectivity index (χ3v) is 2.99. The molecule has 2 aromatic rings. The molecule has 0 aliphatic carbocycles. The van der Waals surface area contributed by atoms with Crippen molar-refractivity contribution in [1.82, 2.24) is 9.97 Å². The van der Waals surface area contributed by atoms with Crippen molar-refractivity contribution in [3.8, 4) is 0 Å². The van der Waals surface area contributed by atoms with E-state index in [0.717, 1.165) is 41.0 Å². The quantitative estimate of drug-likeness (QED) is 0.848. The molecule has 0 radical (unpaired) electrons. The Balaban J connectivity index is 2.03. The number of hydrogen-bond donors (Lipinski definition) is 2. The monoisotopic (exact) mass is 290 g/mol. The van der Waals surface area contributed by atoms with Gasteiger partial charge in [-0.3, -0.25) is 0 Å². The molecule has 2 rings (SSSR count). The van der Waals surface area contributed by atoms with Crippen LogP contribution >= 0.6 is 11.6 Å². The van der Waals surface area contributed by atoms with E-state index in [9.17, 15) is 0 Å². The van der Waals surface area contributed by atoms with Crippen LogP contribution in [0.3, 0.4) is 0 Å². The Hall–Kier alpha value is -1.81. The Morgan fingerprint density at radius 2 is 1.85 bits per heavy atom. The molecule has 0 atom stereocenters. The lowest BCUT2D eigenvalue weighted by molar-refractivity contribution is 0.951. The zero-order valence-corrected chi connectivity index (χ0v) is 12.5. The lowest BCUT2D eigenvalue weighted by Crippen LogP contribution is -2.07. The second-order valence-electron chi connectivity index (χ2n) is 4.60. The summed E-state index contributed by atoms with van der Waals surface area (Å²) < 4.78 is 0. The molecule has 0 saturated heterocycles. The topological polar surface area (TPSA) is 49.8 Å². The van der Waals surface area contributed by atoms with E-state index >= 15 is 0 Å². The van der Waals surface area contributed by atoms with Crippen molar-refractivity contribution in [3.05, 3.63) is 46.7 Å². The van der Waals surface area contributed by atoms with Crippen LogP contribution in [0.2, 0.25) is 5.02 Å². The summed E-state index contributed by atoms with van der Waals surface area (Å²) >= 11 is 5.97. The molecule has 1 aromatic heterocycles. The van der Waals surface area contributed by atoms with E-state index in [1.807, 2.05) is 37.3 Å². The van der Waals surface area contributed by atoms with Gasteiger partial charge in [0.25, 0.3) is 0 Å². The molecule has 0 amide bonds. The molecule has 5 heteroatoms. The van der Waals surface area contributed by atoms with Gasteiger partial charge in [-0.25, -0.2) is 9.97 Å². The highest BCUT2D eigenvalue weighted by atomic mass is 35.5. The molecule has 0 unspecified atom stereocenters. The van der Waals surface area contributed by atoms with Crippen LogP contribution in [0.1, 0.15) is 24.7 Å². The van der Waals surface area contributed by atoms with Gasteiger partial charge in [-0.1, -0.05) is 30.7 Å². The number of halogens is 1. The van der Waals surface area contributed by atoms with Crippen molar-refractivity contribution < 1.29 is 0 Å². The van der Waals surface area contributed by atoms with Gasteiger partial charge in [-0.15, -0.1) is 0 Å². The summed E-state index contributed by atoms with van der Waals surface area (Å²) in [6.45, 7) is 5.61. The summed E-state index contributed by atoms with van der Waals surface area (Å²) in [5.74, 6) is 2.42. The van der Waals surface area contributed by atoms with Crippen LogP contribution in [0, 0.1) is 6.92 Å². The number of aromatic nitrogens is 2. The lowest BCUT2D eigenvalue weighted by Gasteiger charge is -2.10. The fourth-order valence-electron chi connectivity index (χ4n) is 1.84. The number of nitrogens with zero attached hydrogens (tertiary/aromatic N) is 2. The fourth-order valence-corrected chi connectivity index (χ4v) is 2.05. The summed E-state index contributed by atoms with van der Waals surface area (Å²) in [7, 11) is 0. The van der Waals surface area contributed by atoms with Gasteiger partial charge in [0.1, 0.15) is 17.5 Å². The predicted molar refractivity (Wildman–Crippen MR) is 84.3 cm³/mol. The first kappa shape index (κ1) is 14.6. The lowest BCUT2D eigenvalue weighted by atomic mass is 10.2. The second kappa shape index (κ2) is 7.10. The summed E-state index contributed by atoms with van der Waals surface area (Å²) in [5.41, 5.74) is 1.12. The van der Waals surface area contributed by atoms with Crippen LogP contribution in [-0.4, -0.2) is 16.5 Å². The Kier molecular flexibility index (Phi) is 5.18. The number of nitrogens with one attached hydrogen (secondary N) is 2. The van der Waals surface area contributed by atoms with E-state index in [2.05, 4.69) is 27.5 Å². The summed E-state index contributed by atoms with van der Waals surface area (Å²) in [4.78, 5) is 8.74. The van der Waals surface area contributed by atoms with E-state index < -0.39 is 0 Å². The van der Waals surface area contributed by atoms with E-state index in [4.69, 9.17) is 11.6 Å². The van der Waals surface area contributed by atoms with E-state index in [0.29, 0.717) is 6.54 Å². The summed E-state index contributed by atoms with van der Waals surface area (Å²) in [5, 5.41) is 7.31. The highest BCUT2D eigenvalue weighted by Crippen LogP contribution is 2.14. The molecule has 1 heterocycles. The molecule has 0 bridgehead atoms. The standard InChI is InChI=1S/C15H19ClN4/c1-3-7-17-14-9-15(20-11(2)19-14)18-10-12-5-4-6-13(16)8-12/h4-6,8-9H,3,7,10H2,1-2H3,(H2,17,18,19,20). The van der Waals surface area contributed by atoms with E-state index in [1.165, 1.54) is 0 Å². The van der Waals surface area contributed by atoms with Crippen LogP contribution in [0.4, 0.5) is 11.6 Å². The largest absolute Gasteiger partial charge is 0.370 e. The summed E-state index contributed by atoms with van der Waals surface area (Å²) in [6, 6.07) is 9.71. The minimum Gasteiger partial charge on any atom is -0.370 e. The van der Waals surface area contributed by atoms with E-state index in [-0.39, 0.29) is 0 Å². The van der Waals surface area contributed by atoms with Gasteiger partial charge in [0.15, 0.2) is 0 Å². The number of aryl methyl sites for hydroxylation is 1. The highest BCUT2D eigenvalue weighted by molar-refractivity contribution is 6.30. The van der Waals surface area contributed by atoms with Gasteiger partial charge in [-0.2, -0.15) is 0 Å². The first-order valence-corrected chi connectivity index (χ1v) is 7.13. The molecule has 0 aliphatic rings. The van der Waals surface area contributed by atoms with Crippen molar-refractivity contribution >= 4 is 23.2 Å². The number of benzene rings is 1. The van der Waals surface area contributed by atoms with Crippen molar-refractivity contribution in [1.29, 1.82) is 0 Å². The number of anilines is 2.